The Labute approximate surface area is 167 Å². The van der Waals surface area contributed by atoms with E-state index in [1.54, 1.807) is 0 Å². The van der Waals surface area contributed by atoms with Gasteiger partial charge >= 0.3 is 6.09 Å². The maximum atomic E-state index is 11.7. The lowest BCUT2D eigenvalue weighted by atomic mass is 10.2. The number of rotatable bonds is 6. The first-order chi connectivity index (χ1) is 13.4. The van der Waals surface area contributed by atoms with Gasteiger partial charge in [0.1, 0.15) is 17.5 Å². The van der Waals surface area contributed by atoms with Crippen LogP contribution in [0.25, 0.3) is 0 Å². The molecular weight excluding hydrogens is 358 g/mol. The summed E-state index contributed by atoms with van der Waals surface area (Å²) < 4.78 is 16.5. The van der Waals surface area contributed by atoms with E-state index in [0.29, 0.717) is 13.2 Å². The number of benzene rings is 1. The van der Waals surface area contributed by atoms with Gasteiger partial charge in [-0.3, -0.25) is 4.90 Å². The first kappa shape index (κ1) is 20.7. The third-order valence-electron chi connectivity index (χ3n) is 4.86. The van der Waals surface area contributed by atoms with Crippen LogP contribution >= 0.6 is 0 Å². The maximum absolute atomic E-state index is 11.7. The van der Waals surface area contributed by atoms with Crippen LogP contribution in [0.4, 0.5) is 10.5 Å². The minimum atomic E-state index is -0.457. The fourth-order valence-electron chi connectivity index (χ4n) is 3.39. The summed E-state index contributed by atoms with van der Waals surface area (Å²) in [6.07, 6.45) is 0.799. The van der Waals surface area contributed by atoms with Gasteiger partial charge in [-0.05, 0) is 45.0 Å². The van der Waals surface area contributed by atoms with Gasteiger partial charge in [0.2, 0.25) is 0 Å². The molecule has 1 aromatic rings. The van der Waals surface area contributed by atoms with Crippen LogP contribution in [-0.4, -0.2) is 75.2 Å². The highest BCUT2D eigenvalue weighted by Crippen LogP contribution is 2.23. The van der Waals surface area contributed by atoms with Crippen molar-refractivity contribution in [2.24, 2.45) is 0 Å². The van der Waals surface area contributed by atoms with Crippen molar-refractivity contribution in [3.05, 3.63) is 24.3 Å². The van der Waals surface area contributed by atoms with Crippen molar-refractivity contribution in [3.8, 4) is 5.75 Å². The Morgan fingerprint density at radius 3 is 2.50 bits per heavy atom. The van der Waals surface area contributed by atoms with E-state index in [1.807, 2.05) is 32.9 Å². The van der Waals surface area contributed by atoms with Crippen molar-refractivity contribution >= 4 is 11.8 Å². The number of carbonyl (C=O) groups is 1. The average Bonchev–Trinajstić information content (AvgIpc) is 3.15. The number of alkyl carbamates (subject to hydrolysis) is 1. The molecule has 3 rings (SSSR count). The maximum Gasteiger partial charge on any atom is 0.407 e. The Morgan fingerprint density at radius 1 is 1.18 bits per heavy atom. The lowest BCUT2D eigenvalue weighted by Crippen LogP contribution is -2.48. The monoisotopic (exact) mass is 391 g/mol. The summed E-state index contributed by atoms with van der Waals surface area (Å²) in [5.41, 5.74) is 0.766. The highest BCUT2D eigenvalue weighted by atomic mass is 16.6. The highest BCUT2D eigenvalue weighted by molar-refractivity contribution is 5.67. The van der Waals surface area contributed by atoms with Crippen molar-refractivity contribution in [1.82, 2.24) is 10.2 Å². The number of anilines is 1. The topological polar surface area (TPSA) is 63.3 Å². The van der Waals surface area contributed by atoms with E-state index in [4.69, 9.17) is 14.2 Å². The number of nitrogens with one attached hydrogen (secondary N) is 1. The van der Waals surface area contributed by atoms with Crippen LogP contribution in [-0.2, 0) is 9.47 Å². The predicted octanol–water partition coefficient (Wildman–Crippen LogP) is 2.50. The van der Waals surface area contributed by atoms with Crippen LogP contribution in [0.1, 0.15) is 27.2 Å². The Hall–Kier alpha value is -1.99. The van der Waals surface area contributed by atoms with Crippen LogP contribution in [0.5, 0.6) is 5.75 Å². The molecule has 0 unspecified atom stereocenters. The number of hydrogen-bond donors (Lipinski definition) is 1. The van der Waals surface area contributed by atoms with Gasteiger partial charge in [0.05, 0.1) is 13.2 Å². The second kappa shape index (κ2) is 9.47. The molecule has 1 amide bonds. The molecule has 1 N–H and O–H groups in total. The van der Waals surface area contributed by atoms with Gasteiger partial charge in [-0.15, -0.1) is 0 Å². The van der Waals surface area contributed by atoms with E-state index in [2.05, 4.69) is 27.2 Å². The summed E-state index contributed by atoms with van der Waals surface area (Å²) >= 11 is 0. The standard InChI is InChI=1S/C21H33N3O4/c1-21(2,3)28-20(25)22-9-10-23-11-13-24(14-12-23)17-4-6-18(7-5-17)27-19-8-15-26-16-19/h4-7,19H,8-16H2,1-3H3,(H,22,25)/t19-/m1/s1. The molecule has 0 bridgehead atoms. The summed E-state index contributed by atoms with van der Waals surface area (Å²) in [7, 11) is 0. The van der Waals surface area contributed by atoms with E-state index >= 15 is 0 Å². The van der Waals surface area contributed by atoms with E-state index in [0.717, 1.165) is 51.5 Å². The van der Waals surface area contributed by atoms with Gasteiger partial charge in [0.15, 0.2) is 0 Å². The molecular formula is C21H33N3O4. The first-order valence-corrected chi connectivity index (χ1v) is 10.2. The van der Waals surface area contributed by atoms with Gasteiger partial charge in [0.25, 0.3) is 0 Å². The lowest BCUT2D eigenvalue weighted by molar-refractivity contribution is 0.0521. The normalized spacial score (nSPS) is 20.8. The van der Waals surface area contributed by atoms with E-state index in [9.17, 15) is 4.79 Å². The summed E-state index contributed by atoms with van der Waals surface area (Å²) in [5.74, 6) is 0.908. The predicted molar refractivity (Wildman–Crippen MR) is 109 cm³/mol. The van der Waals surface area contributed by atoms with Crippen LogP contribution in [0.15, 0.2) is 24.3 Å². The fraction of sp³-hybridized carbons (Fsp3) is 0.667. The fourth-order valence-corrected chi connectivity index (χ4v) is 3.39. The number of hydrogen-bond acceptors (Lipinski definition) is 6. The minimum absolute atomic E-state index is 0.184. The second-order valence-corrected chi connectivity index (χ2v) is 8.35. The zero-order valence-corrected chi connectivity index (χ0v) is 17.3. The van der Waals surface area contributed by atoms with Crippen LogP contribution in [0.2, 0.25) is 0 Å². The van der Waals surface area contributed by atoms with Crippen molar-refractivity contribution in [2.75, 3.05) is 57.4 Å². The molecule has 0 spiro atoms. The number of piperazine rings is 1. The summed E-state index contributed by atoms with van der Waals surface area (Å²) in [4.78, 5) is 16.5. The molecule has 0 saturated carbocycles. The molecule has 2 fully saturated rings. The van der Waals surface area contributed by atoms with Gasteiger partial charge in [0, 0.05) is 51.4 Å². The van der Waals surface area contributed by atoms with E-state index in [-0.39, 0.29) is 12.2 Å². The van der Waals surface area contributed by atoms with Crippen LogP contribution in [0, 0.1) is 0 Å². The molecule has 2 aliphatic heterocycles. The minimum Gasteiger partial charge on any atom is -0.488 e. The van der Waals surface area contributed by atoms with Crippen molar-refractivity contribution in [1.29, 1.82) is 0 Å². The van der Waals surface area contributed by atoms with Gasteiger partial charge < -0.3 is 24.4 Å². The van der Waals surface area contributed by atoms with E-state index < -0.39 is 5.60 Å². The number of amides is 1. The molecule has 0 aromatic heterocycles. The number of nitrogens with zero attached hydrogens (tertiary/aromatic N) is 2. The number of carbonyl (C=O) groups excluding carboxylic acids is 1. The summed E-state index contributed by atoms with van der Waals surface area (Å²) in [6, 6.07) is 8.35. The Balaban J connectivity index is 1.36. The Kier molecular flexibility index (Phi) is 7.02. The zero-order valence-electron chi connectivity index (χ0n) is 17.3. The average molecular weight is 392 g/mol. The molecule has 1 atom stereocenters. The smallest absolute Gasteiger partial charge is 0.407 e. The van der Waals surface area contributed by atoms with Crippen molar-refractivity contribution in [3.63, 3.8) is 0 Å². The van der Waals surface area contributed by atoms with Crippen molar-refractivity contribution < 1.29 is 19.0 Å². The molecule has 0 radical (unpaired) electrons. The number of ether oxygens (including phenoxy) is 3. The quantitative estimate of drug-likeness (QED) is 0.804. The van der Waals surface area contributed by atoms with Gasteiger partial charge in [-0.2, -0.15) is 0 Å². The Morgan fingerprint density at radius 2 is 1.89 bits per heavy atom. The SMILES string of the molecule is CC(C)(C)OC(=O)NCCN1CCN(c2ccc(O[C@@H]3CCOC3)cc2)CC1. The third-order valence-corrected chi connectivity index (χ3v) is 4.86. The molecule has 0 aliphatic carbocycles. The Bertz CT molecular complexity index is 616. The van der Waals surface area contributed by atoms with Gasteiger partial charge in [-0.1, -0.05) is 0 Å². The lowest BCUT2D eigenvalue weighted by Gasteiger charge is -2.36. The largest absolute Gasteiger partial charge is 0.488 e. The molecule has 2 saturated heterocycles. The molecule has 7 nitrogen and oxygen atoms in total. The zero-order chi connectivity index (χ0) is 20.0. The molecule has 28 heavy (non-hydrogen) atoms. The molecule has 1 aromatic carbocycles. The summed E-state index contributed by atoms with van der Waals surface area (Å²) in [6.45, 7) is 12.4. The van der Waals surface area contributed by atoms with Crippen molar-refractivity contribution in [2.45, 2.75) is 38.9 Å². The van der Waals surface area contributed by atoms with E-state index in [1.165, 1.54) is 5.69 Å². The first-order valence-electron chi connectivity index (χ1n) is 10.2. The second-order valence-electron chi connectivity index (χ2n) is 8.35. The third kappa shape index (κ3) is 6.56. The van der Waals surface area contributed by atoms with Crippen LogP contribution in [0.3, 0.4) is 0 Å². The highest BCUT2D eigenvalue weighted by Gasteiger charge is 2.20. The molecule has 7 heteroatoms. The molecule has 156 valence electrons. The summed E-state index contributed by atoms with van der Waals surface area (Å²) in [5, 5.41) is 2.83. The molecule has 2 aliphatic rings. The van der Waals surface area contributed by atoms with Crippen LogP contribution < -0.4 is 15.0 Å². The van der Waals surface area contributed by atoms with Gasteiger partial charge in [-0.25, -0.2) is 4.79 Å². The molecule has 2 heterocycles.